The van der Waals surface area contributed by atoms with Crippen molar-refractivity contribution >= 4 is 5.91 Å². The molecule has 2 aromatic heterocycles. The van der Waals surface area contributed by atoms with Crippen LogP contribution in [0.2, 0.25) is 0 Å². The van der Waals surface area contributed by atoms with Gasteiger partial charge in [0.15, 0.2) is 0 Å². The predicted octanol–water partition coefficient (Wildman–Crippen LogP) is 2.56. The molecule has 1 aliphatic rings. The van der Waals surface area contributed by atoms with Crippen LogP contribution < -0.4 is 10.9 Å². The summed E-state index contributed by atoms with van der Waals surface area (Å²) in [6.45, 7) is 3.89. The van der Waals surface area contributed by atoms with E-state index in [1.165, 1.54) is 17.2 Å². The number of amides is 1. The Kier molecular flexibility index (Phi) is 5.26. The number of nitrogens with one attached hydrogen (secondary N) is 1. The van der Waals surface area contributed by atoms with Gasteiger partial charge in [-0.2, -0.15) is 5.10 Å². The van der Waals surface area contributed by atoms with Gasteiger partial charge in [0, 0.05) is 30.1 Å². The number of carbonyl (C=O) groups is 1. The largest absolute Gasteiger partial charge is 0.351 e. The molecule has 1 fully saturated rings. The SMILES string of the molecule is CC1CCCCC1NC(=O)C(C)n1nc(-c2ccncc2)ccc1=O. The Hall–Kier alpha value is -2.50. The van der Waals surface area contributed by atoms with E-state index >= 15 is 0 Å². The second kappa shape index (κ2) is 7.59. The van der Waals surface area contributed by atoms with Gasteiger partial charge in [-0.1, -0.05) is 19.8 Å². The topological polar surface area (TPSA) is 76.9 Å². The monoisotopic (exact) mass is 340 g/mol. The summed E-state index contributed by atoms with van der Waals surface area (Å²) in [4.78, 5) is 28.8. The third kappa shape index (κ3) is 3.95. The smallest absolute Gasteiger partial charge is 0.267 e. The highest BCUT2D eigenvalue weighted by Crippen LogP contribution is 2.24. The number of aromatic nitrogens is 3. The first-order valence-electron chi connectivity index (χ1n) is 8.87. The van der Waals surface area contributed by atoms with E-state index < -0.39 is 6.04 Å². The Morgan fingerprint density at radius 2 is 1.92 bits per heavy atom. The Morgan fingerprint density at radius 3 is 2.64 bits per heavy atom. The highest BCUT2D eigenvalue weighted by Gasteiger charge is 2.26. The van der Waals surface area contributed by atoms with E-state index in [9.17, 15) is 9.59 Å². The van der Waals surface area contributed by atoms with Crippen molar-refractivity contribution in [1.29, 1.82) is 0 Å². The lowest BCUT2D eigenvalue weighted by atomic mass is 9.86. The van der Waals surface area contributed by atoms with Gasteiger partial charge in [-0.3, -0.25) is 14.6 Å². The van der Waals surface area contributed by atoms with Crippen LogP contribution in [0.5, 0.6) is 0 Å². The van der Waals surface area contributed by atoms with Crippen LogP contribution in [-0.4, -0.2) is 26.7 Å². The second-order valence-corrected chi connectivity index (χ2v) is 6.79. The van der Waals surface area contributed by atoms with Crippen molar-refractivity contribution in [3.63, 3.8) is 0 Å². The van der Waals surface area contributed by atoms with Crippen molar-refractivity contribution in [2.75, 3.05) is 0 Å². The van der Waals surface area contributed by atoms with Crippen LogP contribution in [0.1, 0.15) is 45.6 Å². The standard InChI is InChI=1S/C19H24N4O2/c1-13-5-3-4-6-16(13)21-19(25)14(2)23-18(24)8-7-17(22-23)15-9-11-20-12-10-15/h7-14,16H,3-6H2,1-2H3,(H,21,25). The minimum Gasteiger partial charge on any atom is -0.351 e. The molecule has 0 saturated heterocycles. The summed E-state index contributed by atoms with van der Waals surface area (Å²) in [6.07, 6.45) is 7.84. The van der Waals surface area contributed by atoms with E-state index in [4.69, 9.17) is 0 Å². The highest BCUT2D eigenvalue weighted by molar-refractivity contribution is 5.80. The molecule has 6 nitrogen and oxygen atoms in total. The van der Waals surface area contributed by atoms with Crippen LogP contribution in [0.15, 0.2) is 41.5 Å². The zero-order chi connectivity index (χ0) is 17.8. The molecule has 0 spiro atoms. The number of nitrogens with zero attached hydrogens (tertiary/aromatic N) is 3. The summed E-state index contributed by atoms with van der Waals surface area (Å²) < 4.78 is 1.26. The Bertz CT molecular complexity index is 788. The molecule has 132 valence electrons. The van der Waals surface area contributed by atoms with Gasteiger partial charge in [0.1, 0.15) is 6.04 Å². The molecule has 2 heterocycles. The lowest BCUT2D eigenvalue weighted by molar-refractivity contribution is -0.125. The van der Waals surface area contributed by atoms with Crippen LogP contribution in [0.25, 0.3) is 11.3 Å². The van der Waals surface area contributed by atoms with E-state index in [-0.39, 0.29) is 17.5 Å². The fourth-order valence-electron chi connectivity index (χ4n) is 3.32. The van der Waals surface area contributed by atoms with E-state index in [0.29, 0.717) is 11.6 Å². The summed E-state index contributed by atoms with van der Waals surface area (Å²) in [6, 6.07) is 6.31. The molecular formula is C19H24N4O2. The lowest BCUT2D eigenvalue weighted by Crippen LogP contribution is -2.45. The van der Waals surface area contributed by atoms with Gasteiger partial charge in [0.05, 0.1) is 5.69 Å². The molecule has 25 heavy (non-hydrogen) atoms. The second-order valence-electron chi connectivity index (χ2n) is 6.79. The molecule has 1 saturated carbocycles. The minimum absolute atomic E-state index is 0.153. The van der Waals surface area contributed by atoms with Crippen LogP contribution in [0.4, 0.5) is 0 Å². The maximum atomic E-state index is 12.6. The first-order valence-corrected chi connectivity index (χ1v) is 8.87. The Balaban J connectivity index is 1.80. The molecular weight excluding hydrogens is 316 g/mol. The van der Waals surface area contributed by atoms with Gasteiger partial charge in [0.2, 0.25) is 5.91 Å². The van der Waals surface area contributed by atoms with Crippen LogP contribution >= 0.6 is 0 Å². The van der Waals surface area contributed by atoms with Crippen molar-refractivity contribution < 1.29 is 4.79 Å². The molecule has 1 amide bonds. The third-order valence-electron chi connectivity index (χ3n) is 4.99. The molecule has 2 aromatic rings. The quantitative estimate of drug-likeness (QED) is 0.928. The summed E-state index contributed by atoms with van der Waals surface area (Å²) in [5.41, 5.74) is 1.22. The molecule has 0 bridgehead atoms. The van der Waals surface area contributed by atoms with E-state index in [1.54, 1.807) is 25.4 Å². The third-order valence-corrected chi connectivity index (χ3v) is 4.99. The minimum atomic E-state index is -0.650. The average Bonchev–Trinajstić information content (AvgIpc) is 2.64. The lowest BCUT2D eigenvalue weighted by Gasteiger charge is -2.30. The van der Waals surface area contributed by atoms with Gasteiger partial charge in [0.25, 0.3) is 5.56 Å². The number of hydrogen-bond donors (Lipinski definition) is 1. The number of carbonyl (C=O) groups excluding carboxylic acids is 1. The van der Waals surface area contributed by atoms with Gasteiger partial charge in [-0.05, 0) is 43.9 Å². The molecule has 0 aliphatic heterocycles. The van der Waals surface area contributed by atoms with Gasteiger partial charge in [-0.15, -0.1) is 0 Å². The van der Waals surface area contributed by atoms with Crippen molar-refractivity contribution in [2.45, 2.75) is 51.6 Å². The predicted molar refractivity (Wildman–Crippen MR) is 96.0 cm³/mol. The molecule has 6 heteroatoms. The first kappa shape index (κ1) is 17.3. The number of hydrogen-bond acceptors (Lipinski definition) is 4. The fraction of sp³-hybridized carbons (Fsp3) is 0.474. The van der Waals surface area contributed by atoms with E-state index in [0.717, 1.165) is 24.8 Å². The van der Waals surface area contributed by atoms with E-state index in [1.807, 2.05) is 12.1 Å². The average molecular weight is 340 g/mol. The van der Waals surface area contributed by atoms with Crippen molar-refractivity contribution in [3.8, 4) is 11.3 Å². The fourth-order valence-corrected chi connectivity index (χ4v) is 3.32. The zero-order valence-electron chi connectivity index (χ0n) is 14.7. The molecule has 3 unspecified atom stereocenters. The highest BCUT2D eigenvalue weighted by atomic mass is 16.2. The number of pyridine rings is 1. The zero-order valence-corrected chi connectivity index (χ0v) is 14.7. The summed E-state index contributed by atoms with van der Waals surface area (Å²) >= 11 is 0. The Morgan fingerprint density at radius 1 is 1.20 bits per heavy atom. The molecule has 3 atom stereocenters. The van der Waals surface area contributed by atoms with Crippen molar-refractivity contribution in [1.82, 2.24) is 20.1 Å². The summed E-state index contributed by atoms with van der Waals surface area (Å²) in [5, 5.41) is 7.50. The first-order chi connectivity index (χ1) is 12.1. The van der Waals surface area contributed by atoms with Crippen LogP contribution in [0.3, 0.4) is 0 Å². The Labute approximate surface area is 147 Å². The van der Waals surface area contributed by atoms with E-state index in [2.05, 4.69) is 22.3 Å². The molecule has 3 rings (SSSR count). The van der Waals surface area contributed by atoms with Crippen LogP contribution in [0, 0.1) is 5.92 Å². The summed E-state index contributed by atoms with van der Waals surface area (Å²) in [7, 11) is 0. The molecule has 1 N–H and O–H groups in total. The molecule has 0 aromatic carbocycles. The van der Waals surface area contributed by atoms with Crippen molar-refractivity contribution in [3.05, 3.63) is 47.0 Å². The van der Waals surface area contributed by atoms with Crippen molar-refractivity contribution in [2.24, 2.45) is 5.92 Å². The summed E-state index contributed by atoms with van der Waals surface area (Å²) in [5.74, 6) is 0.318. The van der Waals surface area contributed by atoms with Crippen LogP contribution in [-0.2, 0) is 4.79 Å². The number of rotatable bonds is 4. The van der Waals surface area contributed by atoms with Gasteiger partial charge < -0.3 is 5.32 Å². The van der Waals surface area contributed by atoms with Gasteiger partial charge >= 0.3 is 0 Å². The maximum Gasteiger partial charge on any atom is 0.267 e. The maximum absolute atomic E-state index is 12.6. The normalized spacial score (nSPS) is 21.5. The molecule has 1 aliphatic carbocycles. The molecule has 0 radical (unpaired) electrons. The van der Waals surface area contributed by atoms with Gasteiger partial charge in [-0.25, -0.2) is 4.68 Å².